The number of nitrogens with zero attached hydrogens (tertiary/aromatic N) is 2. The second-order valence-electron chi connectivity index (χ2n) is 4.88. The summed E-state index contributed by atoms with van der Waals surface area (Å²) >= 11 is 0. The quantitative estimate of drug-likeness (QED) is 0.789. The summed E-state index contributed by atoms with van der Waals surface area (Å²) in [7, 11) is 0. The fourth-order valence-electron chi connectivity index (χ4n) is 2.11. The molecule has 20 heavy (non-hydrogen) atoms. The molecule has 0 spiro atoms. The van der Waals surface area contributed by atoms with E-state index in [1.165, 1.54) is 0 Å². The van der Waals surface area contributed by atoms with Gasteiger partial charge in [0.2, 0.25) is 0 Å². The Kier molecular flexibility index (Phi) is 4.74. The summed E-state index contributed by atoms with van der Waals surface area (Å²) in [6.07, 6.45) is 0.843. The maximum atomic E-state index is 11.6. The van der Waals surface area contributed by atoms with Crippen molar-refractivity contribution in [2.24, 2.45) is 0 Å². The predicted molar refractivity (Wildman–Crippen MR) is 70.6 cm³/mol. The van der Waals surface area contributed by atoms with Crippen LogP contribution in [-0.2, 0) is 4.74 Å². The van der Waals surface area contributed by atoms with Crippen LogP contribution in [0.1, 0.15) is 31.6 Å². The molecule has 2 heterocycles. The molecule has 0 saturated carbocycles. The van der Waals surface area contributed by atoms with E-state index in [-0.39, 0.29) is 18.2 Å². The molecule has 2 rings (SSSR count). The Labute approximate surface area is 116 Å². The van der Waals surface area contributed by atoms with Gasteiger partial charge in [0.25, 0.3) is 5.56 Å². The maximum Gasteiger partial charge on any atom is 0.301 e. The van der Waals surface area contributed by atoms with Crippen LogP contribution in [0.2, 0.25) is 0 Å². The fourth-order valence-corrected chi connectivity index (χ4v) is 2.11. The van der Waals surface area contributed by atoms with Gasteiger partial charge in [0.15, 0.2) is 0 Å². The first-order valence-corrected chi connectivity index (χ1v) is 6.73. The van der Waals surface area contributed by atoms with Gasteiger partial charge in [-0.2, -0.15) is 4.98 Å². The van der Waals surface area contributed by atoms with E-state index in [2.05, 4.69) is 4.98 Å². The normalized spacial score (nSPS) is 25.9. The lowest BCUT2D eigenvalue weighted by molar-refractivity contribution is -0.0474. The Hall–Kier alpha value is -1.44. The zero-order valence-electron chi connectivity index (χ0n) is 11.7. The Morgan fingerprint density at radius 2 is 2.35 bits per heavy atom. The van der Waals surface area contributed by atoms with Gasteiger partial charge in [0.1, 0.15) is 12.3 Å². The predicted octanol–water partition coefficient (Wildman–Crippen LogP) is -0.0188. The van der Waals surface area contributed by atoms with E-state index in [1.807, 2.05) is 6.92 Å². The summed E-state index contributed by atoms with van der Waals surface area (Å²) in [6, 6.07) is 0.179. The van der Waals surface area contributed by atoms with Crippen LogP contribution in [0.3, 0.4) is 0 Å². The summed E-state index contributed by atoms with van der Waals surface area (Å²) in [5.74, 6) is 0. The maximum absolute atomic E-state index is 11.6. The molecule has 1 aliphatic heterocycles. The van der Waals surface area contributed by atoms with Crippen molar-refractivity contribution in [2.45, 2.75) is 45.1 Å². The van der Waals surface area contributed by atoms with Crippen LogP contribution in [0.4, 0.5) is 0 Å². The van der Waals surface area contributed by atoms with Gasteiger partial charge in [-0.05, 0) is 13.3 Å². The van der Waals surface area contributed by atoms with Crippen molar-refractivity contribution in [3.63, 3.8) is 0 Å². The lowest BCUT2D eigenvalue weighted by atomic mass is 10.2. The van der Waals surface area contributed by atoms with Crippen molar-refractivity contribution >= 4 is 0 Å². The number of ether oxygens (including phenoxy) is 2. The Bertz CT molecular complexity index is 516. The summed E-state index contributed by atoms with van der Waals surface area (Å²) in [5.41, 5.74) is 0.129. The first-order chi connectivity index (χ1) is 9.56. The summed E-state index contributed by atoms with van der Waals surface area (Å²) in [6.45, 7) is 3.79. The Morgan fingerprint density at radius 1 is 1.60 bits per heavy atom. The smallest absolute Gasteiger partial charge is 0.301 e. The number of aliphatic hydroxyl groups is 2. The van der Waals surface area contributed by atoms with Crippen molar-refractivity contribution in [3.8, 4) is 6.01 Å². The fraction of sp³-hybridized carbons (Fsp3) is 0.692. The van der Waals surface area contributed by atoms with Crippen molar-refractivity contribution < 1.29 is 19.7 Å². The summed E-state index contributed by atoms with van der Waals surface area (Å²) in [4.78, 5) is 15.5. The van der Waals surface area contributed by atoms with Crippen molar-refractivity contribution in [1.29, 1.82) is 0 Å². The summed E-state index contributed by atoms with van der Waals surface area (Å²) in [5, 5.41) is 18.9. The Balaban J connectivity index is 2.30. The number of hydrogen-bond acceptors (Lipinski definition) is 6. The molecule has 1 aromatic rings. The molecule has 7 nitrogen and oxygen atoms in total. The van der Waals surface area contributed by atoms with E-state index in [0.29, 0.717) is 18.6 Å². The lowest BCUT2D eigenvalue weighted by Gasteiger charge is -2.19. The second kappa shape index (κ2) is 6.34. The molecular formula is C13H20N2O5. The molecule has 3 atom stereocenters. The van der Waals surface area contributed by atoms with E-state index in [9.17, 15) is 9.90 Å². The van der Waals surface area contributed by atoms with Gasteiger partial charge in [0.05, 0.1) is 19.3 Å². The average molecular weight is 284 g/mol. The topological polar surface area (TPSA) is 93.8 Å². The third-order valence-corrected chi connectivity index (χ3v) is 3.22. The lowest BCUT2D eigenvalue weighted by Crippen LogP contribution is -2.24. The van der Waals surface area contributed by atoms with Crippen LogP contribution in [0, 0.1) is 6.92 Å². The molecule has 0 radical (unpaired) electrons. The minimum Gasteiger partial charge on any atom is -0.465 e. The van der Waals surface area contributed by atoms with Gasteiger partial charge in [-0.3, -0.25) is 9.36 Å². The van der Waals surface area contributed by atoms with Crippen LogP contribution in [-0.4, -0.2) is 45.2 Å². The first kappa shape index (κ1) is 15.0. The van der Waals surface area contributed by atoms with E-state index in [0.717, 1.165) is 6.42 Å². The number of hydrogen-bond donors (Lipinski definition) is 2. The average Bonchev–Trinajstić information content (AvgIpc) is 2.80. The molecular weight excluding hydrogens is 264 g/mol. The second-order valence-corrected chi connectivity index (χ2v) is 4.88. The van der Waals surface area contributed by atoms with Gasteiger partial charge in [-0.15, -0.1) is 0 Å². The van der Waals surface area contributed by atoms with Crippen molar-refractivity contribution in [1.82, 2.24) is 9.55 Å². The van der Waals surface area contributed by atoms with Crippen LogP contribution in [0.25, 0.3) is 0 Å². The van der Waals surface area contributed by atoms with Crippen LogP contribution in [0.5, 0.6) is 6.01 Å². The minimum absolute atomic E-state index is 0.179. The van der Waals surface area contributed by atoms with Gasteiger partial charge in [-0.25, -0.2) is 0 Å². The van der Waals surface area contributed by atoms with Gasteiger partial charge < -0.3 is 19.7 Å². The molecule has 0 unspecified atom stereocenters. The molecule has 1 fully saturated rings. The van der Waals surface area contributed by atoms with Gasteiger partial charge >= 0.3 is 6.01 Å². The summed E-state index contributed by atoms with van der Waals surface area (Å²) < 4.78 is 12.6. The molecule has 1 saturated heterocycles. The highest BCUT2D eigenvalue weighted by atomic mass is 16.6. The monoisotopic (exact) mass is 284 g/mol. The Morgan fingerprint density at radius 3 is 2.95 bits per heavy atom. The van der Waals surface area contributed by atoms with Crippen LogP contribution < -0.4 is 10.3 Å². The highest BCUT2D eigenvalue weighted by Gasteiger charge is 2.35. The van der Waals surface area contributed by atoms with E-state index < -0.39 is 18.4 Å². The van der Waals surface area contributed by atoms with E-state index >= 15 is 0 Å². The number of aliphatic hydroxyl groups excluding tert-OH is 2. The molecule has 0 bridgehead atoms. The van der Waals surface area contributed by atoms with Crippen molar-refractivity contribution in [3.05, 3.63) is 22.1 Å². The van der Waals surface area contributed by atoms with Gasteiger partial charge in [0, 0.05) is 18.2 Å². The highest BCUT2D eigenvalue weighted by Crippen LogP contribution is 2.30. The molecule has 0 aromatic carbocycles. The SMILES string of the molecule is CCCOc1nc(=O)c(C)cn1[C@H]1C[C@H](O)[C@@H](CO)O1. The third kappa shape index (κ3) is 3.00. The standard InChI is InChI=1S/C13H20N2O5/c1-3-4-19-13-14-12(18)8(2)6-15(13)11-5-9(17)10(7-16)20-11/h6,9-11,16-17H,3-5,7H2,1-2H3/t9-,10+,11+/m0/s1. The molecule has 0 amide bonds. The van der Waals surface area contributed by atoms with Crippen molar-refractivity contribution in [2.75, 3.05) is 13.2 Å². The molecule has 2 N–H and O–H groups in total. The third-order valence-electron chi connectivity index (χ3n) is 3.22. The molecule has 1 aromatic heterocycles. The van der Waals surface area contributed by atoms with Crippen LogP contribution >= 0.6 is 0 Å². The van der Waals surface area contributed by atoms with E-state index in [4.69, 9.17) is 14.6 Å². The molecule has 0 aliphatic carbocycles. The number of aryl methyl sites for hydroxylation is 1. The molecule has 112 valence electrons. The van der Waals surface area contributed by atoms with Gasteiger partial charge in [-0.1, -0.05) is 6.92 Å². The molecule has 7 heteroatoms. The minimum atomic E-state index is -0.747. The number of rotatable bonds is 5. The molecule has 1 aliphatic rings. The largest absolute Gasteiger partial charge is 0.465 e. The first-order valence-electron chi connectivity index (χ1n) is 6.73. The van der Waals surface area contributed by atoms with E-state index in [1.54, 1.807) is 17.7 Å². The zero-order chi connectivity index (χ0) is 14.7. The zero-order valence-corrected chi connectivity index (χ0v) is 11.7. The highest BCUT2D eigenvalue weighted by molar-refractivity contribution is 5.10. The van der Waals surface area contributed by atoms with Crippen LogP contribution in [0.15, 0.2) is 11.0 Å². The number of aromatic nitrogens is 2.